The lowest BCUT2D eigenvalue weighted by molar-refractivity contribution is -0.111. The molecule has 1 atom stereocenters. The number of phenolic OH excluding ortho intramolecular Hbond substituents is 1. The molecule has 4 aromatic carbocycles. The van der Waals surface area contributed by atoms with E-state index < -0.39 is 17.6 Å². The van der Waals surface area contributed by atoms with Gasteiger partial charge in [0.1, 0.15) is 11.9 Å². The third-order valence-corrected chi connectivity index (χ3v) is 7.68. The van der Waals surface area contributed by atoms with Gasteiger partial charge in [-0.25, -0.2) is 4.79 Å². The second-order valence-electron chi connectivity index (χ2n) is 10.4. The van der Waals surface area contributed by atoms with Gasteiger partial charge < -0.3 is 20.9 Å². The Morgan fingerprint density at radius 3 is 2.34 bits per heavy atom. The first-order valence-electron chi connectivity index (χ1n) is 13.3. The van der Waals surface area contributed by atoms with E-state index in [0.29, 0.717) is 35.3 Å². The van der Waals surface area contributed by atoms with Gasteiger partial charge >= 0.3 is 6.09 Å². The number of hydrogen-bond donors (Lipinski definition) is 4. The van der Waals surface area contributed by atoms with Crippen LogP contribution in [0.15, 0.2) is 102 Å². The van der Waals surface area contributed by atoms with Gasteiger partial charge in [0.05, 0.1) is 11.4 Å². The van der Waals surface area contributed by atoms with Crippen molar-refractivity contribution >= 4 is 51.6 Å². The lowest BCUT2D eigenvalue weighted by Crippen LogP contribution is -2.29. The topological polar surface area (TPSA) is 114 Å². The van der Waals surface area contributed by atoms with E-state index in [9.17, 15) is 14.7 Å². The van der Waals surface area contributed by atoms with Gasteiger partial charge in [-0.05, 0) is 73.0 Å². The van der Waals surface area contributed by atoms with Crippen LogP contribution >= 0.6 is 11.8 Å². The first-order valence-corrected chi connectivity index (χ1v) is 14.5. The normalized spacial score (nSPS) is 12.3. The maximum absolute atomic E-state index is 13.2. The Morgan fingerprint density at radius 2 is 1.63 bits per heavy atom. The van der Waals surface area contributed by atoms with Crippen LogP contribution < -0.4 is 16.4 Å². The van der Waals surface area contributed by atoms with Gasteiger partial charge in [-0.15, -0.1) is 11.8 Å². The molecule has 0 heterocycles. The number of aromatic hydroxyl groups is 1. The summed E-state index contributed by atoms with van der Waals surface area (Å²) in [5, 5.41) is 17.6. The quantitative estimate of drug-likeness (QED) is 0.0871. The van der Waals surface area contributed by atoms with Crippen molar-refractivity contribution < 1.29 is 19.4 Å². The van der Waals surface area contributed by atoms with Gasteiger partial charge in [-0.2, -0.15) is 0 Å². The van der Waals surface area contributed by atoms with E-state index in [1.54, 1.807) is 54.2 Å². The second kappa shape index (κ2) is 13.3. The molecule has 0 saturated heterocycles. The molecular formula is C33H35N3O4S. The number of thioether (sulfide) groups is 1. The van der Waals surface area contributed by atoms with Crippen LogP contribution in [-0.4, -0.2) is 23.4 Å². The Bertz CT molecular complexity index is 1550. The van der Waals surface area contributed by atoms with Crippen molar-refractivity contribution in [1.29, 1.82) is 0 Å². The minimum atomic E-state index is -0.648. The van der Waals surface area contributed by atoms with Crippen molar-refractivity contribution in [2.45, 2.75) is 37.7 Å². The molecule has 0 bridgehead atoms. The number of anilines is 3. The summed E-state index contributed by atoms with van der Waals surface area (Å²) < 4.78 is 6.13. The van der Waals surface area contributed by atoms with Crippen LogP contribution in [-0.2, 0) is 9.53 Å². The maximum Gasteiger partial charge on any atom is 0.412 e. The minimum absolute atomic E-state index is 0.159. The molecule has 8 heteroatoms. The Balaban J connectivity index is 1.53. The Hall–Kier alpha value is -4.43. The van der Waals surface area contributed by atoms with Crippen molar-refractivity contribution in [2.75, 3.05) is 22.6 Å². The summed E-state index contributed by atoms with van der Waals surface area (Å²) >= 11 is 1.62. The van der Waals surface area contributed by atoms with E-state index in [0.717, 1.165) is 15.8 Å². The summed E-state index contributed by atoms with van der Waals surface area (Å²) in [5.41, 5.74) is 7.86. The number of hydrogen-bond acceptors (Lipinski definition) is 6. The number of benzene rings is 4. The number of carbonyl (C=O) groups is 2. The number of nitrogen functional groups attached to an aromatic ring is 1. The molecule has 7 nitrogen and oxygen atoms in total. The average Bonchev–Trinajstić information content (AvgIpc) is 2.96. The number of phenols is 1. The van der Waals surface area contributed by atoms with Crippen LogP contribution in [0, 0.1) is 5.41 Å². The molecule has 4 rings (SSSR count). The van der Waals surface area contributed by atoms with Crippen molar-refractivity contribution in [3.05, 3.63) is 103 Å². The van der Waals surface area contributed by atoms with Crippen LogP contribution in [0.1, 0.15) is 38.4 Å². The molecule has 0 aromatic heterocycles. The van der Waals surface area contributed by atoms with Crippen LogP contribution in [0.4, 0.5) is 21.9 Å². The SMILES string of the molecule is CSc1ccc(NC(=O)O[C@@H](c2ccc(O)c3ccccc23)C(C)(C)CC/C=C/C(=O)Nc2ccccc2N)cc1. The maximum atomic E-state index is 13.2. The van der Waals surface area contributed by atoms with Gasteiger partial charge in [0, 0.05) is 26.9 Å². The molecule has 2 amide bonds. The van der Waals surface area contributed by atoms with Gasteiger partial charge in [0.25, 0.3) is 0 Å². The molecule has 4 aromatic rings. The molecular weight excluding hydrogens is 534 g/mol. The van der Waals surface area contributed by atoms with E-state index in [1.807, 2.05) is 68.6 Å². The molecule has 212 valence electrons. The third-order valence-electron chi connectivity index (χ3n) is 6.93. The molecule has 0 radical (unpaired) electrons. The molecule has 0 aliphatic carbocycles. The summed E-state index contributed by atoms with van der Waals surface area (Å²) in [4.78, 5) is 26.7. The highest BCUT2D eigenvalue weighted by Gasteiger charge is 2.35. The number of ether oxygens (including phenoxy) is 1. The molecule has 41 heavy (non-hydrogen) atoms. The van der Waals surface area contributed by atoms with E-state index in [4.69, 9.17) is 10.5 Å². The van der Waals surface area contributed by atoms with Crippen molar-refractivity contribution in [2.24, 2.45) is 5.41 Å². The summed E-state index contributed by atoms with van der Waals surface area (Å²) in [5.74, 6) is -0.114. The molecule has 0 spiro atoms. The monoisotopic (exact) mass is 569 g/mol. The first kappa shape index (κ1) is 29.6. The fourth-order valence-electron chi connectivity index (χ4n) is 4.67. The number of carbonyl (C=O) groups excluding carboxylic acids is 2. The first-order chi connectivity index (χ1) is 19.7. The predicted molar refractivity (Wildman–Crippen MR) is 168 cm³/mol. The molecule has 5 N–H and O–H groups in total. The van der Waals surface area contributed by atoms with Gasteiger partial charge in [-0.3, -0.25) is 10.1 Å². The number of nitrogens with one attached hydrogen (secondary N) is 2. The van der Waals surface area contributed by atoms with Crippen molar-refractivity contribution in [1.82, 2.24) is 0 Å². The van der Waals surface area contributed by atoms with Crippen LogP contribution in [0.3, 0.4) is 0 Å². The number of nitrogens with two attached hydrogens (primary N) is 1. The second-order valence-corrected chi connectivity index (χ2v) is 11.2. The number of rotatable bonds is 10. The van der Waals surface area contributed by atoms with Gasteiger partial charge in [0.2, 0.25) is 5.91 Å². The molecule has 0 saturated carbocycles. The van der Waals surface area contributed by atoms with Crippen LogP contribution in [0.2, 0.25) is 0 Å². The zero-order chi connectivity index (χ0) is 29.4. The van der Waals surface area contributed by atoms with Crippen molar-refractivity contribution in [3.8, 4) is 5.75 Å². The predicted octanol–water partition coefficient (Wildman–Crippen LogP) is 8.14. The largest absolute Gasteiger partial charge is 0.507 e. The summed E-state index contributed by atoms with van der Waals surface area (Å²) in [6.07, 6.45) is 5.23. The Morgan fingerprint density at radius 1 is 0.951 bits per heavy atom. The lowest BCUT2D eigenvalue weighted by atomic mass is 9.77. The van der Waals surface area contributed by atoms with Gasteiger partial charge in [-0.1, -0.05) is 62.4 Å². The zero-order valence-corrected chi connectivity index (χ0v) is 24.2. The number of fused-ring (bicyclic) bond motifs is 1. The summed E-state index contributed by atoms with van der Waals surface area (Å²) in [6.45, 7) is 4.05. The molecule has 0 aliphatic heterocycles. The Kier molecular flexibility index (Phi) is 9.57. The standard InChI is InChI=1S/C33H35N3O4S/c1-33(2,21-9-8-14-30(38)36-28-13-7-6-12-27(28)34)31(26-19-20-29(37)25-11-5-4-10-24(25)26)40-32(39)35-22-15-17-23(41-3)18-16-22/h4-8,10-20,31,37H,9,21,34H2,1-3H3,(H,35,39)(H,36,38)/b14-8+/t31-/m0/s1. The van der Waals surface area contributed by atoms with E-state index in [2.05, 4.69) is 10.6 Å². The number of para-hydroxylation sites is 2. The number of allylic oxidation sites excluding steroid dienone is 1. The third kappa shape index (κ3) is 7.61. The minimum Gasteiger partial charge on any atom is -0.507 e. The van der Waals surface area contributed by atoms with E-state index in [1.165, 1.54) is 6.08 Å². The fourth-order valence-corrected chi connectivity index (χ4v) is 5.08. The molecule has 0 unspecified atom stereocenters. The Labute approximate surface area is 244 Å². The van der Waals surface area contributed by atoms with Crippen LogP contribution in [0.25, 0.3) is 10.8 Å². The highest BCUT2D eigenvalue weighted by molar-refractivity contribution is 7.98. The van der Waals surface area contributed by atoms with Crippen molar-refractivity contribution in [3.63, 3.8) is 0 Å². The average molecular weight is 570 g/mol. The highest BCUT2D eigenvalue weighted by Crippen LogP contribution is 2.44. The summed E-state index contributed by atoms with van der Waals surface area (Å²) in [6, 6.07) is 25.6. The lowest BCUT2D eigenvalue weighted by Gasteiger charge is -2.35. The molecule has 0 fully saturated rings. The molecule has 0 aliphatic rings. The zero-order valence-electron chi connectivity index (χ0n) is 23.4. The van der Waals surface area contributed by atoms with Crippen LogP contribution in [0.5, 0.6) is 5.75 Å². The summed E-state index contributed by atoms with van der Waals surface area (Å²) in [7, 11) is 0. The van der Waals surface area contributed by atoms with E-state index in [-0.39, 0.29) is 11.7 Å². The van der Waals surface area contributed by atoms with Gasteiger partial charge in [0.15, 0.2) is 0 Å². The highest BCUT2D eigenvalue weighted by atomic mass is 32.2. The number of amides is 2. The fraction of sp³-hybridized carbons (Fsp3) is 0.212. The van der Waals surface area contributed by atoms with E-state index >= 15 is 0 Å². The smallest absolute Gasteiger partial charge is 0.412 e.